The van der Waals surface area contributed by atoms with Crippen LogP contribution in [0.2, 0.25) is 0 Å². The van der Waals surface area contributed by atoms with Crippen LogP contribution in [0, 0.1) is 6.92 Å². The summed E-state index contributed by atoms with van der Waals surface area (Å²) in [5.74, 6) is 0.0566. The van der Waals surface area contributed by atoms with Gasteiger partial charge >= 0.3 is 5.63 Å². The van der Waals surface area contributed by atoms with Crippen molar-refractivity contribution in [2.45, 2.75) is 6.92 Å². The fourth-order valence-electron chi connectivity index (χ4n) is 2.69. The van der Waals surface area contributed by atoms with Gasteiger partial charge in [0.1, 0.15) is 17.9 Å². The number of ketones is 1. The summed E-state index contributed by atoms with van der Waals surface area (Å²) in [6, 6.07) is 14.4. The molecule has 26 heavy (non-hydrogen) atoms. The van der Waals surface area contributed by atoms with E-state index in [9.17, 15) is 9.59 Å². The lowest BCUT2D eigenvalue weighted by Gasteiger charge is -2.11. The van der Waals surface area contributed by atoms with E-state index in [1.165, 1.54) is 12.1 Å². The number of fused-ring (bicyclic) bond motifs is 1. The molecule has 4 heteroatoms. The molecule has 0 radical (unpaired) electrons. The summed E-state index contributed by atoms with van der Waals surface area (Å²) in [6.07, 6.45) is 4.75. The van der Waals surface area contributed by atoms with Crippen LogP contribution in [0.25, 0.3) is 17.0 Å². The quantitative estimate of drug-likeness (QED) is 0.284. The molecule has 3 rings (SSSR count). The van der Waals surface area contributed by atoms with E-state index in [-0.39, 0.29) is 23.5 Å². The molecule has 0 saturated heterocycles. The molecule has 2 aromatic carbocycles. The highest BCUT2D eigenvalue weighted by Crippen LogP contribution is 2.30. The maximum Gasteiger partial charge on any atom is 0.336 e. The van der Waals surface area contributed by atoms with Gasteiger partial charge in [0.25, 0.3) is 0 Å². The smallest absolute Gasteiger partial charge is 0.336 e. The minimum atomic E-state index is -0.503. The predicted octanol–water partition coefficient (Wildman–Crippen LogP) is 4.56. The SMILES string of the molecule is C=CCOc1ccc2c(C)cc(=O)oc2c1C(=O)C=Cc1ccccc1. The van der Waals surface area contributed by atoms with Crippen LogP contribution < -0.4 is 10.4 Å². The standard InChI is InChI=1S/C22H18O4/c1-3-13-25-19-12-10-17-15(2)14-20(24)26-22(17)21(19)18(23)11-9-16-7-5-4-6-8-16/h3-12,14H,1,13H2,2H3. The normalized spacial score (nSPS) is 11.0. The third kappa shape index (κ3) is 3.64. The molecule has 0 aliphatic rings. The summed E-state index contributed by atoms with van der Waals surface area (Å²) in [5.41, 5.74) is 1.61. The molecule has 1 aromatic heterocycles. The molecule has 0 N–H and O–H groups in total. The molecular formula is C22H18O4. The van der Waals surface area contributed by atoms with Crippen molar-refractivity contribution in [3.8, 4) is 5.75 Å². The van der Waals surface area contributed by atoms with E-state index < -0.39 is 5.63 Å². The summed E-state index contributed by atoms with van der Waals surface area (Å²) in [7, 11) is 0. The highest BCUT2D eigenvalue weighted by Gasteiger charge is 2.18. The molecule has 0 aliphatic heterocycles. The molecular weight excluding hydrogens is 328 g/mol. The molecule has 0 amide bonds. The number of hydrogen-bond acceptors (Lipinski definition) is 4. The molecule has 130 valence electrons. The Labute approximate surface area is 151 Å². The lowest BCUT2D eigenvalue weighted by molar-refractivity contribution is 0.104. The molecule has 0 aliphatic carbocycles. The Balaban J connectivity index is 2.14. The number of ether oxygens (including phenoxy) is 1. The van der Waals surface area contributed by atoms with Gasteiger partial charge in [-0.1, -0.05) is 49.1 Å². The molecule has 0 saturated carbocycles. The zero-order valence-electron chi connectivity index (χ0n) is 14.4. The van der Waals surface area contributed by atoms with Gasteiger partial charge in [-0.05, 0) is 36.3 Å². The molecule has 0 bridgehead atoms. The fourth-order valence-corrected chi connectivity index (χ4v) is 2.69. The molecule has 0 spiro atoms. The highest BCUT2D eigenvalue weighted by atomic mass is 16.5. The minimum absolute atomic E-state index is 0.234. The van der Waals surface area contributed by atoms with Gasteiger partial charge in [0, 0.05) is 11.5 Å². The first kappa shape index (κ1) is 17.4. The molecule has 0 unspecified atom stereocenters. The molecule has 3 aromatic rings. The van der Waals surface area contributed by atoms with Crippen molar-refractivity contribution in [3.05, 3.63) is 94.4 Å². The Morgan fingerprint density at radius 1 is 1.19 bits per heavy atom. The Hall–Kier alpha value is -3.40. The minimum Gasteiger partial charge on any atom is -0.489 e. The van der Waals surface area contributed by atoms with Crippen LogP contribution in [0.3, 0.4) is 0 Å². The largest absolute Gasteiger partial charge is 0.489 e. The van der Waals surface area contributed by atoms with Crippen molar-refractivity contribution in [3.63, 3.8) is 0 Å². The number of carbonyl (C=O) groups is 1. The zero-order valence-corrected chi connectivity index (χ0v) is 14.4. The first-order chi connectivity index (χ1) is 12.6. The van der Waals surface area contributed by atoms with Crippen LogP contribution >= 0.6 is 0 Å². The second-order valence-corrected chi connectivity index (χ2v) is 5.77. The average Bonchev–Trinajstić information content (AvgIpc) is 2.64. The summed E-state index contributed by atoms with van der Waals surface area (Å²) < 4.78 is 11.0. The van der Waals surface area contributed by atoms with Crippen molar-refractivity contribution < 1.29 is 13.9 Å². The number of hydrogen-bond donors (Lipinski definition) is 0. The van der Waals surface area contributed by atoms with E-state index in [1.807, 2.05) is 30.3 Å². The van der Waals surface area contributed by atoms with Gasteiger partial charge in [0.15, 0.2) is 11.4 Å². The topological polar surface area (TPSA) is 56.5 Å². The second-order valence-electron chi connectivity index (χ2n) is 5.77. The first-order valence-corrected chi connectivity index (χ1v) is 8.19. The van der Waals surface area contributed by atoms with Crippen LogP contribution in [-0.2, 0) is 0 Å². The van der Waals surface area contributed by atoms with E-state index >= 15 is 0 Å². The van der Waals surface area contributed by atoms with Crippen LogP contribution in [0.15, 0.2) is 76.5 Å². The van der Waals surface area contributed by atoms with Crippen molar-refractivity contribution in [1.82, 2.24) is 0 Å². The summed E-state index contributed by atoms with van der Waals surface area (Å²) in [5, 5.41) is 0.701. The van der Waals surface area contributed by atoms with E-state index in [0.717, 1.165) is 11.1 Å². The van der Waals surface area contributed by atoms with Gasteiger partial charge in [-0.15, -0.1) is 0 Å². The molecule has 0 fully saturated rings. The van der Waals surface area contributed by atoms with Gasteiger partial charge in [-0.3, -0.25) is 4.79 Å². The number of aryl methyl sites for hydroxylation is 1. The summed E-state index contributed by atoms with van der Waals surface area (Å²) in [4.78, 5) is 24.7. The second kappa shape index (κ2) is 7.66. The van der Waals surface area contributed by atoms with Crippen molar-refractivity contribution in [1.29, 1.82) is 0 Å². The van der Waals surface area contributed by atoms with E-state index in [0.29, 0.717) is 11.1 Å². The monoisotopic (exact) mass is 346 g/mol. The maximum absolute atomic E-state index is 12.9. The van der Waals surface area contributed by atoms with Gasteiger partial charge in [-0.25, -0.2) is 4.79 Å². The number of rotatable bonds is 6. The van der Waals surface area contributed by atoms with Gasteiger partial charge in [0.2, 0.25) is 0 Å². The highest BCUT2D eigenvalue weighted by molar-refractivity contribution is 6.15. The van der Waals surface area contributed by atoms with Crippen LogP contribution in [-0.4, -0.2) is 12.4 Å². The average molecular weight is 346 g/mol. The van der Waals surface area contributed by atoms with Gasteiger partial charge in [-0.2, -0.15) is 0 Å². The van der Waals surface area contributed by atoms with E-state index in [1.54, 1.807) is 31.2 Å². The van der Waals surface area contributed by atoms with Crippen LogP contribution in [0.1, 0.15) is 21.5 Å². The van der Waals surface area contributed by atoms with Crippen LogP contribution in [0.5, 0.6) is 5.75 Å². The third-order valence-electron chi connectivity index (χ3n) is 3.91. The summed E-state index contributed by atoms with van der Waals surface area (Å²) in [6.45, 7) is 5.66. The Bertz CT molecular complexity index is 1040. The van der Waals surface area contributed by atoms with Crippen LogP contribution in [0.4, 0.5) is 0 Å². The summed E-state index contributed by atoms with van der Waals surface area (Å²) >= 11 is 0. The predicted molar refractivity (Wildman–Crippen MR) is 103 cm³/mol. The lowest BCUT2D eigenvalue weighted by Crippen LogP contribution is -2.06. The van der Waals surface area contributed by atoms with E-state index in [2.05, 4.69) is 6.58 Å². The zero-order chi connectivity index (χ0) is 18.5. The molecule has 1 heterocycles. The first-order valence-electron chi connectivity index (χ1n) is 8.19. The third-order valence-corrected chi connectivity index (χ3v) is 3.91. The van der Waals surface area contributed by atoms with Crippen molar-refractivity contribution in [2.24, 2.45) is 0 Å². The number of allylic oxidation sites excluding steroid dienone is 1. The van der Waals surface area contributed by atoms with Crippen molar-refractivity contribution >= 4 is 22.8 Å². The molecule has 0 atom stereocenters. The van der Waals surface area contributed by atoms with Gasteiger partial charge < -0.3 is 9.15 Å². The number of carbonyl (C=O) groups excluding carboxylic acids is 1. The lowest BCUT2D eigenvalue weighted by atomic mass is 10.0. The van der Waals surface area contributed by atoms with E-state index in [4.69, 9.17) is 9.15 Å². The number of benzene rings is 2. The Morgan fingerprint density at radius 3 is 2.69 bits per heavy atom. The van der Waals surface area contributed by atoms with Crippen molar-refractivity contribution in [2.75, 3.05) is 6.61 Å². The maximum atomic E-state index is 12.9. The fraction of sp³-hybridized carbons (Fsp3) is 0.0909. The Morgan fingerprint density at radius 2 is 1.96 bits per heavy atom. The Kier molecular flexibility index (Phi) is 5.13. The van der Waals surface area contributed by atoms with Gasteiger partial charge in [0.05, 0.1) is 0 Å². The molecule has 4 nitrogen and oxygen atoms in total.